The third-order valence-corrected chi connectivity index (χ3v) is 3.47. The zero-order chi connectivity index (χ0) is 14.7. The number of likely N-dealkylation sites (tertiary alicyclic amines) is 1. The van der Waals surface area contributed by atoms with E-state index in [0.29, 0.717) is 12.2 Å². The highest BCUT2D eigenvalue weighted by Crippen LogP contribution is 2.30. The molecule has 1 amide bonds. The van der Waals surface area contributed by atoms with Crippen LogP contribution in [0.2, 0.25) is 0 Å². The number of amides is 1. The van der Waals surface area contributed by atoms with Crippen LogP contribution in [-0.2, 0) is 16.0 Å². The van der Waals surface area contributed by atoms with Crippen molar-refractivity contribution in [3.63, 3.8) is 0 Å². The Hall–Kier alpha value is -1.98. The molecular formula is C14H19N3O3. The molecule has 0 aliphatic carbocycles. The monoisotopic (exact) mass is 277 g/mol. The number of carboxylic acids is 1. The van der Waals surface area contributed by atoms with Crippen LogP contribution in [0.1, 0.15) is 49.4 Å². The van der Waals surface area contributed by atoms with Crippen LogP contribution in [0, 0.1) is 6.92 Å². The molecular weight excluding hydrogens is 258 g/mol. The summed E-state index contributed by atoms with van der Waals surface area (Å²) in [5.74, 6) is -0.170. The second-order valence-corrected chi connectivity index (χ2v) is 5.12. The smallest absolute Gasteiger partial charge is 0.303 e. The molecule has 1 aliphatic heterocycles. The van der Waals surface area contributed by atoms with E-state index >= 15 is 0 Å². The minimum atomic E-state index is -0.839. The number of carboxylic acid groups (broad SMARTS) is 1. The lowest BCUT2D eigenvalue weighted by Crippen LogP contribution is -2.29. The number of aryl methyl sites for hydroxylation is 2. The summed E-state index contributed by atoms with van der Waals surface area (Å²) in [6, 6.07) is 1.73. The molecule has 0 saturated carbocycles. The Morgan fingerprint density at radius 2 is 2.20 bits per heavy atom. The highest BCUT2D eigenvalue weighted by atomic mass is 16.4. The number of nitrogens with zero attached hydrogens (tertiary/aromatic N) is 3. The van der Waals surface area contributed by atoms with Gasteiger partial charge in [0.2, 0.25) is 5.91 Å². The second-order valence-electron chi connectivity index (χ2n) is 5.12. The zero-order valence-corrected chi connectivity index (χ0v) is 11.8. The maximum atomic E-state index is 11.6. The van der Waals surface area contributed by atoms with Crippen molar-refractivity contribution in [2.45, 2.75) is 45.6 Å². The number of aromatic nitrogens is 2. The SMILES string of the molecule is CC(=O)N1CCCC1c1nc(C)cc(CCC(=O)O)n1. The van der Waals surface area contributed by atoms with Gasteiger partial charge in [-0.1, -0.05) is 0 Å². The van der Waals surface area contributed by atoms with Gasteiger partial charge in [-0.05, 0) is 25.8 Å². The van der Waals surface area contributed by atoms with Crippen molar-refractivity contribution in [2.75, 3.05) is 6.54 Å². The number of hydrogen-bond acceptors (Lipinski definition) is 4. The summed E-state index contributed by atoms with van der Waals surface area (Å²) < 4.78 is 0. The first kappa shape index (κ1) is 14.4. The molecule has 1 aromatic heterocycles. The lowest BCUT2D eigenvalue weighted by atomic mass is 10.1. The summed E-state index contributed by atoms with van der Waals surface area (Å²) in [7, 11) is 0. The quantitative estimate of drug-likeness (QED) is 0.901. The van der Waals surface area contributed by atoms with Crippen LogP contribution >= 0.6 is 0 Å². The molecule has 0 spiro atoms. The van der Waals surface area contributed by atoms with Gasteiger partial charge in [0.05, 0.1) is 12.5 Å². The average Bonchev–Trinajstić information content (AvgIpc) is 2.85. The lowest BCUT2D eigenvalue weighted by molar-refractivity contribution is -0.137. The van der Waals surface area contributed by atoms with Crippen LogP contribution in [-0.4, -0.2) is 38.4 Å². The molecule has 1 aliphatic rings. The van der Waals surface area contributed by atoms with Crippen molar-refractivity contribution < 1.29 is 14.7 Å². The fourth-order valence-electron chi connectivity index (χ4n) is 2.58. The van der Waals surface area contributed by atoms with Crippen LogP contribution in [0.5, 0.6) is 0 Å². The first-order chi connectivity index (χ1) is 9.47. The summed E-state index contributed by atoms with van der Waals surface area (Å²) in [6.45, 7) is 4.16. The van der Waals surface area contributed by atoms with E-state index in [9.17, 15) is 9.59 Å². The van der Waals surface area contributed by atoms with Gasteiger partial charge in [-0.3, -0.25) is 9.59 Å². The van der Waals surface area contributed by atoms with E-state index in [0.717, 1.165) is 30.8 Å². The molecule has 2 rings (SSSR count). The molecule has 1 aromatic rings. The largest absolute Gasteiger partial charge is 0.481 e. The van der Waals surface area contributed by atoms with Crippen molar-refractivity contribution in [3.05, 3.63) is 23.3 Å². The van der Waals surface area contributed by atoms with Gasteiger partial charge in [-0.2, -0.15) is 0 Å². The van der Waals surface area contributed by atoms with Gasteiger partial charge in [0.15, 0.2) is 5.82 Å². The number of carbonyl (C=O) groups excluding carboxylic acids is 1. The minimum absolute atomic E-state index is 0.0321. The number of rotatable bonds is 4. The molecule has 1 unspecified atom stereocenters. The summed E-state index contributed by atoms with van der Waals surface area (Å²) in [5, 5.41) is 8.74. The van der Waals surface area contributed by atoms with Crippen LogP contribution in [0.3, 0.4) is 0 Å². The van der Waals surface area contributed by atoms with Crippen LogP contribution in [0.15, 0.2) is 6.07 Å². The highest BCUT2D eigenvalue weighted by molar-refractivity contribution is 5.74. The molecule has 6 heteroatoms. The van der Waals surface area contributed by atoms with E-state index in [2.05, 4.69) is 9.97 Å². The van der Waals surface area contributed by atoms with Gasteiger partial charge < -0.3 is 10.0 Å². The maximum absolute atomic E-state index is 11.6. The molecule has 0 bridgehead atoms. The Kier molecular flexibility index (Phi) is 4.32. The van der Waals surface area contributed by atoms with Gasteiger partial charge in [0.1, 0.15) is 0 Å². The molecule has 1 fully saturated rings. The molecule has 1 atom stereocenters. The maximum Gasteiger partial charge on any atom is 0.303 e. The molecule has 1 N–H and O–H groups in total. The number of aliphatic carboxylic acids is 1. The first-order valence-electron chi connectivity index (χ1n) is 6.81. The summed E-state index contributed by atoms with van der Waals surface area (Å²) in [6.07, 6.45) is 2.25. The van der Waals surface area contributed by atoms with Crippen molar-refractivity contribution in [1.29, 1.82) is 0 Å². The fourth-order valence-corrected chi connectivity index (χ4v) is 2.58. The fraction of sp³-hybridized carbons (Fsp3) is 0.571. The van der Waals surface area contributed by atoms with Gasteiger partial charge in [0.25, 0.3) is 0 Å². The van der Waals surface area contributed by atoms with E-state index in [1.807, 2.05) is 6.92 Å². The highest BCUT2D eigenvalue weighted by Gasteiger charge is 2.30. The van der Waals surface area contributed by atoms with E-state index in [4.69, 9.17) is 5.11 Å². The molecule has 2 heterocycles. The second kappa shape index (κ2) is 5.98. The standard InChI is InChI=1S/C14H19N3O3/c1-9-8-11(5-6-13(19)20)16-14(15-9)12-4-3-7-17(12)10(2)18/h8,12H,3-7H2,1-2H3,(H,19,20). The Morgan fingerprint density at radius 3 is 2.85 bits per heavy atom. The van der Waals surface area contributed by atoms with Crippen LogP contribution in [0.4, 0.5) is 0 Å². The van der Waals surface area contributed by atoms with Crippen molar-refractivity contribution in [2.24, 2.45) is 0 Å². The van der Waals surface area contributed by atoms with Crippen molar-refractivity contribution in [3.8, 4) is 0 Å². The zero-order valence-electron chi connectivity index (χ0n) is 11.8. The van der Waals surface area contributed by atoms with Gasteiger partial charge in [0, 0.05) is 31.3 Å². The van der Waals surface area contributed by atoms with Crippen molar-refractivity contribution >= 4 is 11.9 Å². The first-order valence-corrected chi connectivity index (χ1v) is 6.81. The summed E-state index contributed by atoms with van der Waals surface area (Å²) >= 11 is 0. The lowest BCUT2D eigenvalue weighted by Gasteiger charge is -2.22. The van der Waals surface area contributed by atoms with Crippen LogP contribution < -0.4 is 0 Å². The summed E-state index contributed by atoms with van der Waals surface area (Å²) in [5.41, 5.74) is 1.54. The Bertz CT molecular complexity index is 530. The predicted octanol–water partition coefficient (Wildman–Crippen LogP) is 1.49. The van der Waals surface area contributed by atoms with E-state index in [-0.39, 0.29) is 18.4 Å². The molecule has 108 valence electrons. The van der Waals surface area contributed by atoms with Gasteiger partial charge in [-0.25, -0.2) is 9.97 Å². The van der Waals surface area contributed by atoms with Gasteiger partial charge in [-0.15, -0.1) is 0 Å². The number of carbonyl (C=O) groups is 2. The predicted molar refractivity (Wildman–Crippen MR) is 72.1 cm³/mol. The Morgan fingerprint density at radius 1 is 1.45 bits per heavy atom. The van der Waals surface area contributed by atoms with Gasteiger partial charge >= 0.3 is 5.97 Å². The third-order valence-electron chi connectivity index (χ3n) is 3.47. The van der Waals surface area contributed by atoms with E-state index < -0.39 is 5.97 Å². The molecule has 0 radical (unpaired) electrons. The van der Waals surface area contributed by atoms with E-state index in [1.165, 1.54) is 0 Å². The van der Waals surface area contributed by atoms with Crippen LogP contribution in [0.25, 0.3) is 0 Å². The van der Waals surface area contributed by atoms with E-state index in [1.54, 1.807) is 17.9 Å². The molecule has 20 heavy (non-hydrogen) atoms. The Labute approximate surface area is 117 Å². The normalized spacial score (nSPS) is 18.3. The molecule has 1 saturated heterocycles. The molecule has 6 nitrogen and oxygen atoms in total. The summed E-state index contributed by atoms with van der Waals surface area (Å²) in [4.78, 5) is 32.9. The Balaban J connectivity index is 2.23. The average molecular weight is 277 g/mol. The van der Waals surface area contributed by atoms with Crippen molar-refractivity contribution in [1.82, 2.24) is 14.9 Å². The minimum Gasteiger partial charge on any atom is -0.481 e. The number of hydrogen-bond donors (Lipinski definition) is 1. The third kappa shape index (κ3) is 3.31. The molecule has 0 aromatic carbocycles. The topological polar surface area (TPSA) is 83.4 Å².